The van der Waals surface area contributed by atoms with Crippen molar-refractivity contribution in [3.8, 4) is 0 Å². The molecule has 1 aliphatic rings. The molecule has 0 aliphatic heterocycles. The first kappa shape index (κ1) is 13.3. The van der Waals surface area contributed by atoms with Gasteiger partial charge in [0, 0.05) is 12.0 Å². The van der Waals surface area contributed by atoms with Crippen molar-refractivity contribution < 1.29 is 39.6 Å². The third-order valence-corrected chi connectivity index (χ3v) is 3.68. The highest BCUT2D eigenvalue weighted by molar-refractivity contribution is 7.53. The Balaban J connectivity index is 3.30. The van der Waals surface area contributed by atoms with Crippen molar-refractivity contribution >= 4 is 13.6 Å². The number of carboxylic acids is 1. The molecule has 0 saturated heterocycles. The second-order valence-corrected chi connectivity index (χ2v) is 5.32. The summed E-state index contributed by atoms with van der Waals surface area (Å²) in [6.07, 6.45) is -4.02. The Bertz CT molecular complexity index is 384. The normalized spacial score (nSPS) is 35.7. The summed E-state index contributed by atoms with van der Waals surface area (Å²) in [6, 6.07) is 0. The first-order chi connectivity index (χ1) is 7.09. The van der Waals surface area contributed by atoms with E-state index in [0.29, 0.717) is 6.08 Å². The van der Waals surface area contributed by atoms with E-state index in [1.54, 1.807) is 0 Å². The second-order valence-electron chi connectivity index (χ2n) is 3.52. The van der Waals surface area contributed by atoms with E-state index in [4.69, 9.17) is 14.9 Å². The van der Waals surface area contributed by atoms with Crippen molar-refractivity contribution in [1.29, 1.82) is 0 Å². The topological polar surface area (TPSA) is 156 Å². The molecule has 0 fully saturated rings. The van der Waals surface area contributed by atoms with Gasteiger partial charge in [-0.15, -0.1) is 0 Å². The summed E-state index contributed by atoms with van der Waals surface area (Å²) in [5.41, 5.74) is -0.566. The molecular formula is C7H11O8P. The van der Waals surface area contributed by atoms with Gasteiger partial charge in [0.05, 0.1) is 6.10 Å². The smallest absolute Gasteiger partial charge is 0.363 e. The lowest BCUT2D eigenvalue weighted by Gasteiger charge is -2.37. The summed E-state index contributed by atoms with van der Waals surface area (Å²) in [7, 11) is -5.22. The van der Waals surface area contributed by atoms with Crippen molar-refractivity contribution in [2.75, 3.05) is 0 Å². The van der Waals surface area contributed by atoms with Gasteiger partial charge in [-0.3, -0.25) is 4.57 Å². The lowest BCUT2D eigenvalue weighted by Crippen LogP contribution is -2.51. The molecule has 0 heterocycles. The fraction of sp³-hybridized carbons (Fsp3) is 0.571. The number of hydrogen-bond donors (Lipinski definition) is 6. The van der Waals surface area contributed by atoms with E-state index in [9.17, 15) is 24.7 Å². The number of hydrogen-bond acceptors (Lipinski definition) is 5. The van der Waals surface area contributed by atoms with Crippen LogP contribution in [-0.2, 0) is 9.36 Å². The predicted octanol–water partition coefficient (Wildman–Crippen LogP) is -2.01. The van der Waals surface area contributed by atoms with E-state index >= 15 is 0 Å². The van der Waals surface area contributed by atoms with Crippen LogP contribution in [0.2, 0.25) is 0 Å². The number of aliphatic hydroxyl groups is 3. The van der Waals surface area contributed by atoms with Crippen molar-refractivity contribution in [1.82, 2.24) is 0 Å². The van der Waals surface area contributed by atoms with E-state index < -0.39 is 43.1 Å². The maximum Gasteiger partial charge on any atom is 0.363 e. The Morgan fingerprint density at radius 3 is 2.31 bits per heavy atom. The van der Waals surface area contributed by atoms with E-state index in [1.807, 2.05) is 0 Å². The molecule has 16 heavy (non-hydrogen) atoms. The largest absolute Gasteiger partial charge is 0.478 e. The van der Waals surface area contributed by atoms with Crippen LogP contribution in [0.4, 0.5) is 0 Å². The number of carbonyl (C=O) groups is 1. The Hall–Kier alpha value is -0.760. The zero-order chi connectivity index (χ0) is 12.7. The van der Waals surface area contributed by atoms with Crippen LogP contribution in [-0.4, -0.2) is 53.7 Å². The third kappa shape index (κ3) is 2.03. The molecule has 0 spiro atoms. The van der Waals surface area contributed by atoms with Crippen molar-refractivity contribution in [2.45, 2.75) is 24.0 Å². The van der Waals surface area contributed by atoms with Gasteiger partial charge in [0.15, 0.2) is 0 Å². The molecule has 0 saturated carbocycles. The summed E-state index contributed by atoms with van der Waals surface area (Å²) < 4.78 is 11.0. The van der Waals surface area contributed by atoms with E-state index in [2.05, 4.69) is 0 Å². The summed E-state index contributed by atoms with van der Waals surface area (Å²) in [6.45, 7) is 0. The lowest BCUT2D eigenvalue weighted by atomic mass is 9.92. The van der Waals surface area contributed by atoms with Gasteiger partial charge in [0.25, 0.3) is 0 Å². The summed E-state index contributed by atoms with van der Waals surface area (Å²) >= 11 is 0. The molecule has 0 amide bonds. The Labute approximate surface area is 89.6 Å². The zero-order valence-electron chi connectivity index (χ0n) is 7.89. The Morgan fingerprint density at radius 2 is 1.94 bits per heavy atom. The number of aliphatic hydroxyl groups excluding tert-OH is 2. The summed E-state index contributed by atoms with van der Waals surface area (Å²) in [5, 5.41) is 33.6. The van der Waals surface area contributed by atoms with Crippen LogP contribution in [0.5, 0.6) is 0 Å². The van der Waals surface area contributed by atoms with Gasteiger partial charge in [-0.1, -0.05) is 0 Å². The van der Waals surface area contributed by atoms with Crippen molar-refractivity contribution in [3.05, 3.63) is 11.6 Å². The quantitative estimate of drug-likeness (QED) is 0.309. The minimum atomic E-state index is -5.22. The van der Waals surface area contributed by atoms with Crippen LogP contribution in [0.1, 0.15) is 6.42 Å². The summed E-state index contributed by atoms with van der Waals surface area (Å²) in [5.74, 6) is -1.53. The lowest BCUT2D eigenvalue weighted by molar-refractivity contribution is -0.134. The minimum Gasteiger partial charge on any atom is -0.478 e. The maximum atomic E-state index is 11.0. The number of aliphatic carboxylic acids is 1. The van der Waals surface area contributed by atoms with Gasteiger partial charge in [-0.25, -0.2) is 4.79 Å². The van der Waals surface area contributed by atoms with Crippen molar-refractivity contribution in [3.63, 3.8) is 0 Å². The van der Waals surface area contributed by atoms with Crippen LogP contribution in [0.15, 0.2) is 11.6 Å². The van der Waals surface area contributed by atoms with Crippen LogP contribution in [0.25, 0.3) is 0 Å². The average Bonchev–Trinajstić information content (AvgIpc) is 2.11. The number of carboxylic acid groups (broad SMARTS) is 1. The highest BCUT2D eigenvalue weighted by atomic mass is 31.2. The standard InChI is InChI=1S/C7H11O8P/c8-4-1-3(6(10)11)2-7(12,5(4)9)16(13,14)15/h2,4-5,8-9,12H,1H2,(H,10,11)(H2,13,14,15). The monoisotopic (exact) mass is 254 g/mol. The van der Waals surface area contributed by atoms with Crippen LogP contribution in [0, 0.1) is 0 Å². The SMILES string of the molecule is O=C(O)C1=CC(O)(P(=O)(O)O)C(O)C(O)C1. The third-order valence-electron chi connectivity index (χ3n) is 2.36. The molecule has 3 atom stereocenters. The Morgan fingerprint density at radius 1 is 1.44 bits per heavy atom. The van der Waals surface area contributed by atoms with E-state index in [0.717, 1.165) is 0 Å². The first-order valence-electron chi connectivity index (χ1n) is 4.19. The molecule has 0 aromatic heterocycles. The molecule has 1 rings (SSSR count). The van der Waals surface area contributed by atoms with Gasteiger partial charge in [0.1, 0.15) is 6.10 Å². The second kappa shape index (κ2) is 3.92. The van der Waals surface area contributed by atoms with E-state index in [1.165, 1.54) is 0 Å². The molecule has 3 unspecified atom stereocenters. The highest BCUT2D eigenvalue weighted by Gasteiger charge is 2.55. The molecule has 0 radical (unpaired) electrons. The molecule has 0 aromatic carbocycles. The average molecular weight is 254 g/mol. The predicted molar refractivity (Wildman–Crippen MR) is 49.3 cm³/mol. The van der Waals surface area contributed by atoms with E-state index in [-0.39, 0.29) is 0 Å². The fourth-order valence-corrected chi connectivity index (χ4v) is 2.27. The molecule has 1 aliphatic carbocycles. The molecule has 6 N–H and O–H groups in total. The minimum absolute atomic E-state index is 0.382. The maximum absolute atomic E-state index is 11.0. The molecule has 92 valence electrons. The van der Waals surface area contributed by atoms with Crippen LogP contribution in [0.3, 0.4) is 0 Å². The van der Waals surface area contributed by atoms with Crippen molar-refractivity contribution in [2.24, 2.45) is 0 Å². The molecule has 8 nitrogen and oxygen atoms in total. The highest BCUT2D eigenvalue weighted by Crippen LogP contribution is 2.54. The van der Waals surface area contributed by atoms with Gasteiger partial charge in [0.2, 0.25) is 5.34 Å². The Kier molecular flexibility index (Phi) is 3.26. The fourth-order valence-electron chi connectivity index (χ4n) is 1.43. The van der Waals surface area contributed by atoms with Gasteiger partial charge in [-0.2, -0.15) is 0 Å². The van der Waals surface area contributed by atoms with Crippen LogP contribution < -0.4 is 0 Å². The molecule has 0 aromatic rings. The van der Waals surface area contributed by atoms with Crippen LogP contribution >= 0.6 is 7.60 Å². The van der Waals surface area contributed by atoms with Gasteiger partial charge in [-0.05, 0) is 6.08 Å². The molecule has 0 bridgehead atoms. The zero-order valence-corrected chi connectivity index (χ0v) is 8.78. The van der Waals surface area contributed by atoms with Gasteiger partial charge < -0.3 is 30.2 Å². The molecular weight excluding hydrogens is 243 g/mol. The summed E-state index contributed by atoms with van der Waals surface area (Å²) in [4.78, 5) is 28.3. The number of rotatable bonds is 2. The first-order valence-corrected chi connectivity index (χ1v) is 5.80. The molecule has 9 heteroatoms. The van der Waals surface area contributed by atoms with Gasteiger partial charge >= 0.3 is 13.6 Å².